The summed E-state index contributed by atoms with van der Waals surface area (Å²) >= 11 is 0. The number of methoxy groups -OCH3 is 1. The molecule has 0 bridgehead atoms. The van der Waals surface area contributed by atoms with Gasteiger partial charge in [0.2, 0.25) is 5.91 Å². The molecule has 0 radical (unpaired) electrons. The molecule has 1 amide bonds. The Hall–Kier alpha value is -1.30. The molecule has 0 heterocycles. The molecular weight excluding hydrogens is 292 g/mol. The van der Waals surface area contributed by atoms with E-state index in [4.69, 9.17) is 4.74 Å². The average Bonchev–Trinajstić information content (AvgIpc) is 2.50. The molecule has 6 heteroatoms. The summed E-state index contributed by atoms with van der Waals surface area (Å²) in [5.41, 5.74) is 0.328. The zero-order chi connectivity index (χ0) is 17.1. The third-order valence-corrected chi connectivity index (χ3v) is 4.58. The summed E-state index contributed by atoms with van der Waals surface area (Å²) in [6.45, 7) is 4.92. The van der Waals surface area contributed by atoms with Gasteiger partial charge in [-0.1, -0.05) is 19.8 Å². The smallest absolute Gasteiger partial charge is 0.243 e. The summed E-state index contributed by atoms with van der Waals surface area (Å²) < 4.78 is 5.24. The maximum atomic E-state index is 11.7. The van der Waals surface area contributed by atoms with Crippen molar-refractivity contribution in [2.45, 2.75) is 45.4 Å². The molecule has 0 aliphatic heterocycles. The summed E-state index contributed by atoms with van der Waals surface area (Å²) in [5, 5.41) is 6.77. The second-order valence-electron chi connectivity index (χ2n) is 6.68. The van der Waals surface area contributed by atoms with Crippen molar-refractivity contribution in [2.24, 2.45) is 10.4 Å². The largest absolute Gasteiger partial charge is 0.385 e. The number of aliphatic imine (C=N–C) groups is 1. The van der Waals surface area contributed by atoms with E-state index in [9.17, 15) is 4.79 Å². The van der Waals surface area contributed by atoms with Gasteiger partial charge in [-0.05, 0) is 31.1 Å². The van der Waals surface area contributed by atoms with Crippen LogP contribution in [0, 0.1) is 5.41 Å². The zero-order valence-corrected chi connectivity index (χ0v) is 15.3. The van der Waals surface area contributed by atoms with E-state index in [1.807, 2.05) is 0 Å². The number of hydrogen-bond donors (Lipinski definition) is 2. The van der Waals surface area contributed by atoms with Crippen molar-refractivity contribution in [3.63, 3.8) is 0 Å². The fraction of sp³-hybridized carbons (Fsp3) is 0.882. The van der Waals surface area contributed by atoms with Crippen LogP contribution in [0.15, 0.2) is 4.99 Å². The number of hydrogen-bond acceptors (Lipinski definition) is 3. The Morgan fingerprint density at radius 2 is 2.04 bits per heavy atom. The summed E-state index contributed by atoms with van der Waals surface area (Å²) in [5.74, 6) is 0.761. The highest BCUT2D eigenvalue weighted by atomic mass is 16.5. The van der Waals surface area contributed by atoms with E-state index in [0.717, 1.165) is 44.9 Å². The molecule has 134 valence electrons. The number of guanidine groups is 1. The minimum Gasteiger partial charge on any atom is -0.385 e. The highest BCUT2D eigenvalue weighted by molar-refractivity contribution is 5.84. The summed E-state index contributed by atoms with van der Waals surface area (Å²) in [7, 11) is 5.26. The average molecular weight is 326 g/mol. The van der Waals surface area contributed by atoms with Gasteiger partial charge in [-0.3, -0.25) is 4.79 Å². The number of amides is 1. The first-order valence-corrected chi connectivity index (χ1v) is 8.74. The molecule has 1 aliphatic carbocycles. The van der Waals surface area contributed by atoms with Crippen molar-refractivity contribution in [3.8, 4) is 0 Å². The summed E-state index contributed by atoms with van der Waals surface area (Å²) in [4.78, 5) is 17.7. The summed E-state index contributed by atoms with van der Waals surface area (Å²) in [6.07, 6.45) is 7.08. The predicted molar refractivity (Wildman–Crippen MR) is 94.7 cm³/mol. The number of likely N-dealkylation sites (N-methyl/N-ethyl adjacent to an activating group) is 1. The van der Waals surface area contributed by atoms with E-state index in [0.29, 0.717) is 5.41 Å². The van der Waals surface area contributed by atoms with Crippen LogP contribution in [0.4, 0.5) is 0 Å². The molecule has 1 rings (SSSR count). The zero-order valence-electron chi connectivity index (χ0n) is 15.3. The van der Waals surface area contributed by atoms with Gasteiger partial charge in [0.25, 0.3) is 0 Å². The lowest BCUT2D eigenvalue weighted by atomic mass is 9.67. The molecule has 0 aromatic carbocycles. The maximum Gasteiger partial charge on any atom is 0.243 e. The lowest BCUT2D eigenvalue weighted by molar-refractivity contribution is -0.127. The van der Waals surface area contributed by atoms with Gasteiger partial charge in [0.05, 0.1) is 0 Å². The second kappa shape index (κ2) is 10.5. The monoisotopic (exact) mass is 326 g/mol. The first-order chi connectivity index (χ1) is 11.0. The molecule has 0 spiro atoms. The van der Waals surface area contributed by atoms with Crippen molar-refractivity contribution in [1.29, 1.82) is 0 Å². The Morgan fingerprint density at radius 1 is 1.30 bits per heavy atom. The molecule has 23 heavy (non-hydrogen) atoms. The van der Waals surface area contributed by atoms with Crippen LogP contribution in [0.5, 0.6) is 0 Å². The van der Waals surface area contributed by atoms with E-state index < -0.39 is 0 Å². The van der Waals surface area contributed by atoms with Crippen molar-refractivity contribution in [3.05, 3.63) is 0 Å². The van der Waals surface area contributed by atoms with Gasteiger partial charge in [-0.25, -0.2) is 4.99 Å². The van der Waals surface area contributed by atoms with Gasteiger partial charge >= 0.3 is 0 Å². The number of rotatable bonds is 10. The van der Waals surface area contributed by atoms with E-state index in [-0.39, 0.29) is 12.5 Å². The normalized spacial score (nSPS) is 16.6. The molecule has 1 aliphatic rings. The quantitative estimate of drug-likeness (QED) is 0.364. The van der Waals surface area contributed by atoms with E-state index in [1.54, 1.807) is 26.1 Å². The fourth-order valence-corrected chi connectivity index (χ4v) is 2.63. The van der Waals surface area contributed by atoms with Crippen molar-refractivity contribution >= 4 is 11.9 Å². The van der Waals surface area contributed by atoms with Gasteiger partial charge in [0.15, 0.2) is 5.96 Å². The highest BCUT2D eigenvalue weighted by Gasteiger charge is 2.36. The Morgan fingerprint density at radius 3 is 2.57 bits per heavy atom. The summed E-state index contributed by atoms with van der Waals surface area (Å²) in [6, 6.07) is 0. The SMILES string of the molecule is CCCCNC(=NCC(=O)N(C)C)NCC1(CCOC)CCC1. The number of nitrogens with one attached hydrogen (secondary N) is 2. The van der Waals surface area contributed by atoms with Crippen LogP contribution in [0.2, 0.25) is 0 Å². The van der Waals surface area contributed by atoms with Crippen molar-refractivity contribution < 1.29 is 9.53 Å². The number of unbranched alkanes of at least 4 members (excludes halogenated alkanes) is 1. The Bertz CT molecular complexity index is 379. The van der Waals surface area contributed by atoms with Gasteiger partial charge in [0.1, 0.15) is 6.54 Å². The molecule has 0 saturated heterocycles. The molecule has 1 fully saturated rings. The van der Waals surface area contributed by atoms with Crippen LogP contribution in [0.3, 0.4) is 0 Å². The van der Waals surface area contributed by atoms with Gasteiger partial charge < -0.3 is 20.3 Å². The Kier molecular flexibility index (Phi) is 8.99. The minimum absolute atomic E-state index is 0.0133. The number of ether oxygens (including phenoxy) is 1. The highest BCUT2D eigenvalue weighted by Crippen LogP contribution is 2.43. The first kappa shape index (κ1) is 19.7. The third-order valence-electron chi connectivity index (χ3n) is 4.58. The maximum absolute atomic E-state index is 11.7. The molecule has 1 saturated carbocycles. The van der Waals surface area contributed by atoms with Crippen LogP contribution < -0.4 is 10.6 Å². The lowest BCUT2D eigenvalue weighted by Gasteiger charge is -2.42. The van der Waals surface area contributed by atoms with E-state index >= 15 is 0 Å². The van der Waals surface area contributed by atoms with Crippen LogP contribution in [0.25, 0.3) is 0 Å². The van der Waals surface area contributed by atoms with Crippen LogP contribution in [-0.4, -0.2) is 64.2 Å². The van der Waals surface area contributed by atoms with E-state index in [1.165, 1.54) is 19.3 Å². The van der Waals surface area contributed by atoms with Crippen LogP contribution in [-0.2, 0) is 9.53 Å². The van der Waals surface area contributed by atoms with Crippen LogP contribution in [0.1, 0.15) is 45.4 Å². The van der Waals surface area contributed by atoms with Crippen LogP contribution >= 0.6 is 0 Å². The standard InChI is InChI=1S/C17H34N4O2/c1-5-6-11-18-16(19-13-15(22)21(2)3)20-14-17(8-7-9-17)10-12-23-4/h5-14H2,1-4H3,(H2,18,19,20). The predicted octanol–water partition coefficient (Wildman–Crippen LogP) is 1.62. The molecule has 0 aromatic heterocycles. The Labute approximate surface area is 141 Å². The molecular formula is C17H34N4O2. The van der Waals surface area contributed by atoms with Gasteiger partial charge in [-0.15, -0.1) is 0 Å². The lowest BCUT2D eigenvalue weighted by Crippen LogP contribution is -2.47. The molecule has 0 unspecified atom stereocenters. The first-order valence-electron chi connectivity index (χ1n) is 8.74. The van der Waals surface area contributed by atoms with Crippen molar-refractivity contribution in [1.82, 2.24) is 15.5 Å². The number of carbonyl (C=O) groups excluding carboxylic acids is 1. The number of nitrogens with zero attached hydrogens (tertiary/aromatic N) is 2. The fourth-order valence-electron chi connectivity index (χ4n) is 2.63. The number of carbonyl (C=O) groups is 1. The van der Waals surface area contributed by atoms with Crippen molar-refractivity contribution in [2.75, 3.05) is 47.4 Å². The second-order valence-corrected chi connectivity index (χ2v) is 6.68. The molecule has 0 atom stereocenters. The van der Waals surface area contributed by atoms with Gasteiger partial charge in [0, 0.05) is 40.9 Å². The third kappa shape index (κ3) is 7.20. The van der Waals surface area contributed by atoms with Gasteiger partial charge in [-0.2, -0.15) is 0 Å². The molecule has 0 aromatic rings. The minimum atomic E-state index is 0.0133. The van der Waals surface area contributed by atoms with E-state index in [2.05, 4.69) is 22.5 Å². The molecule has 6 nitrogen and oxygen atoms in total. The Balaban J connectivity index is 2.53. The topological polar surface area (TPSA) is 66.0 Å². The molecule has 2 N–H and O–H groups in total.